The number of aromatic nitrogens is 1. The van der Waals surface area contributed by atoms with E-state index in [0.717, 1.165) is 26.7 Å². The van der Waals surface area contributed by atoms with Crippen molar-refractivity contribution in [3.63, 3.8) is 0 Å². The molecule has 8 heteroatoms. The van der Waals surface area contributed by atoms with Gasteiger partial charge in [-0.1, -0.05) is 47.7 Å². The molecular weight excluding hydrogens is 488 g/mol. The number of carbonyl (C=O) groups excluding carboxylic acids is 2. The van der Waals surface area contributed by atoms with Crippen LogP contribution >= 0.6 is 11.3 Å². The molecule has 1 atom stereocenters. The fraction of sp³-hybridized carbons (Fsp3) is 0.138. The number of thiazole rings is 1. The quantitative estimate of drug-likeness (QED) is 0.273. The average Bonchev–Trinajstić information content (AvgIpc) is 3.58. The number of hydrogen-bond donors (Lipinski definition) is 1. The molecular formula is C29H22N2O5S. The van der Waals surface area contributed by atoms with E-state index in [0.29, 0.717) is 22.0 Å². The van der Waals surface area contributed by atoms with Crippen LogP contribution in [0.25, 0.3) is 21.2 Å². The predicted molar refractivity (Wildman–Crippen MR) is 143 cm³/mol. The summed E-state index contributed by atoms with van der Waals surface area (Å²) >= 11 is 1.34. The lowest BCUT2D eigenvalue weighted by molar-refractivity contribution is -0.117. The van der Waals surface area contributed by atoms with Gasteiger partial charge in [-0.3, -0.25) is 14.5 Å². The summed E-state index contributed by atoms with van der Waals surface area (Å²) in [5, 5.41) is 12.2. The Morgan fingerprint density at radius 3 is 2.57 bits per heavy atom. The molecule has 0 bridgehead atoms. The summed E-state index contributed by atoms with van der Waals surface area (Å²) in [4.78, 5) is 33.5. The molecule has 3 heterocycles. The van der Waals surface area contributed by atoms with Gasteiger partial charge in [0.1, 0.15) is 11.3 Å². The van der Waals surface area contributed by atoms with Crippen molar-refractivity contribution in [2.45, 2.75) is 19.9 Å². The first-order valence-corrected chi connectivity index (χ1v) is 12.5. The van der Waals surface area contributed by atoms with E-state index in [2.05, 4.69) is 0 Å². The van der Waals surface area contributed by atoms with Crippen molar-refractivity contribution in [2.75, 3.05) is 12.0 Å². The summed E-state index contributed by atoms with van der Waals surface area (Å²) in [6, 6.07) is 19.1. The van der Waals surface area contributed by atoms with Crippen molar-refractivity contribution >= 4 is 49.3 Å². The Morgan fingerprint density at radius 1 is 1.08 bits per heavy atom. The zero-order valence-electron chi connectivity index (χ0n) is 20.3. The summed E-state index contributed by atoms with van der Waals surface area (Å²) in [5.74, 6) is -1.18. The minimum Gasteiger partial charge on any atom is -0.503 e. The fourth-order valence-electron chi connectivity index (χ4n) is 4.82. The molecule has 1 aliphatic rings. The number of carbonyl (C=O) groups is 2. The fourth-order valence-corrected chi connectivity index (χ4v) is 5.99. The molecule has 1 N–H and O–H groups in total. The Kier molecular flexibility index (Phi) is 5.35. The molecule has 1 aliphatic heterocycles. The number of aliphatic hydroxyl groups is 1. The lowest BCUT2D eigenvalue weighted by Gasteiger charge is -2.24. The largest absolute Gasteiger partial charge is 0.503 e. The van der Waals surface area contributed by atoms with E-state index in [1.165, 1.54) is 16.2 Å². The number of aliphatic hydroxyl groups excluding tert-OH is 1. The molecule has 1 unspecified atom stereocenters. The second kappa shape index (κ2) is 8.60. The smallest absolute Gasteiger partial charge is 0.296 e. The number of ether oxygens (including phenoxy) is 1. The van der Waals surface area contributed by atoms with Gasteiger partial charge in [0.15, 0.2) is 16.7 Å². The Bertz CT molecular complexity index is 1710. The van der Waals surface area contributed by atoms with Crippen molar-refractivity contribution in [1.29, 1.82) is 0 Å². The molecule has 0 saturated heterocycles. The second-order valence-electron chi connectivity index (χ2n) is 9.02. The van der Waals surface area contributed by atoms with Crippen LogP contribution in [-0.2, 0) is 4.79 Å². The summed E-state index contributed by atoms with van der Waals surface area (Å²) < 4.78 is 12.0. The maximum atomic E-state index is 13.8. The number of Topliss-reactive ketones (excluding diaryl/α,β-unsaturated/α-hetero) is 1. The molecule has 0 saturated carbocycles. The van der Waals surface area contributed by atoms with E-state index in [4.69, 9.17) is 14.1 Å². The van der Waals surface area contributed by atoms with Crippen molar-refractivity contribution in [1.82, 2.24) is 4.98 Å². The number of methoxy groups -OCH3 is 1. The number of benzene rings is 3. The first-order valence-electron chi connectivity index (χ1n) is 11.7. The van der Waals surface area contributed by atoms with Gasteiger partial charge < -0.3 is 14.3 Å². The molecule has 37 heavy (non-hydrogen) atoms. The highest BCUT2D eigenvalue weighted by atomic mass is 32.1. The standard InChI is InChI=1S/C29H22N2O5S/c1-15-12-16(2)24-22(13-15)37-29(30-24)31-25(17-8-10-19(35-3)11-9-17)23(27(33)28(31)34)26(32)21-14-18-6-4-5-7-20(18)36-21/h4-14,25,33H,1-3H3. The van der Waals surface area contributed by atoms with Crippen molar-refractivity contribution in [2.24, 2.45) is 0 Å². The predicted octanol–water partition coefficient (Wildman–Crippen LogP) is 6.45. The molecule has 1 amide bonds. The van der Waals surface area contributed by atoms with Crippen LogP contribution in [0.1, 0.15) is 33.3 Å². The minimum absolute atomic E-state index is 0.0479. The third kappa shape index (κ3) is 3.68. The van der Waals surface area contributed by atoms with Gasteiger partial charge in [-0.15, -0.1) is 0 Å². The highest BCUT2D eigenvalue weighted by molar-refractivity contribution is 7.22. The number of anilines is 1. The number of furan rings is 1. The molecule has 184 valence electrons. The molecule has 2 aromatic heterocycles. The van der Waals surface area contributed by atoms with Gasteiger partial charge in [-0.2, -0.15) is 0 Å². The molecule has 6 rings (SSSR count). The molecule has 0 fully saturated rings. The summed E-state index contributed by atoms with van der Waals surface area (Å²) in [6.07, 6.45) is 0. The van der Waals surface area contributed by atoms with Gasteiger partial charge in [0.2, 0.25) is 5.78 Å². The number of fused-ring (bicyclic) bond motifs is 2. The lowest BCUT2D eigenvalue weighted by atomic mass is 9.95. The van der Waals surface area contributed by atoms with Crippen LogP contribution in [-0.4, -0.2) is 28.9 Å². The van der Waals surface area contributed by atoms with E-state index < -0.39 is 23.5 Å². The maximum Gasteiger partial charge on any atom is 0.296 e. The van der Waals surface area contributed by atoms with Gasteiger partial charge in [0.05, 0.1) is 28.9 Å². The summed E-state index contributed by atoms with van der Waals surface area (Å²) in [6.45, 7) is 3.97. The third-order valence-electron chi connectivity index (χ3n) is 6.56. The van der Waals surface area contributed by atoms with Gasteiger partial charge in [-0.25, -0.2) is 4.98 Å². The first kappa shape index (κ1) is 23.0. The monoisotopic (exact) mass is 510 g/mol. The zero-order valence-corrected chi connectivity index (χ0v) is 21.1. The Hall–Kier alpha value is -4.43. The van der Waals surface area contributed by atoms with Gasteiger partial charge in [0.25, 0.3) is 5.91 Å². The first-order chi connectivity index (χ1) is 17.9. The van der Waals surface area contributed by atoms with E-state index in [1.54, 1.807) is 43.5 Å². The highest BCUT2D eigenvalue weighted by Gasteiger charge is 2.46. The number of nitrogens with zero attached hydrogens (tertiary/aromatic N) is 2. The highest BCUT2D eigenvalue weighted by Crippen LogP contribution is 2.45. The topological polar surface area (TPSA) is 92.9 Å². The number of aryl methyl sites for hydroxylation is 2. The van der Waals surface area contributed by atoms with E-state index in [9.17, 15) is 14.7 Å². The van der Waals surface area contributed by atoms with Crippen LogP contribution < -0.4 is 9.64 Å². The lowest BCUT2D eigenvalue weighted by Crippen LogP contribution is -2.30. The SMILES string of the molecule is COc1ccc(C2C(C(=O)c3cc4ccccc4o3)=C(O)C(=O)N2c2nc3c(C)cc(C)cc3s2)cc1. The Labute approximate surface area is 216 Å². The molecule has 5 aromatic rings. The number of amides is 1. The maximum absolute atomic E-state index is 13.8. The summed E-state index contributed by atoms with van der Waals surface area (Å²) in [5.41, 5.74) is 3.97. The van der Waals surface area contributed by atoms with Gasteiger partial charge in [0, 0.05) is 5.39 Å². The average molecular weight is 511 g/mol. The number of ketones is 1. The van der Waals surface area contributed by atoms with Gasteiger partial charge >= 0.3 is 0 Å². The van der Waals surface area contributed by atoms with Crippen molar-refractivity contribution in [3.8, 4) is 5.75 Å². The molecule has 0 spiro atoms. The normalized spacial score (nSPS) is 15.8. The Balaban J connectivity index is 1.52. The second-order valence-corrected chi connectivity index (χ2v) is 10.0. The number of para-hydroxylation sites is 1. The van der Waals surface area contributed by atoms with Gasteiger partial charge in [-0.05, 0) is 60.9 Å². The number of rotatable bonds is 5. The third-order valence-corrected chi connectivity index (χ3v) is 7.56. The van der Waals surface area contributed by atoms with E-state index in [-0.39, 0.29) is 11.3 Å². The molecule has 3 aromatic carbocycles. The van der Waals surface area contributed by atoms with Crippen molar-refractivity contribution in [3.05, 3.63) is 101 Å². The van der Waals surface area contributed by atoms with E-state index >= 15 is 0 Å². The Morgan fingerprint density at radius 2 is 1.84 bits per heavy atom. The molecule has 0 radical (unpaired) electrons. The van der Waals surface area contributed by atoms with E-state index in [1.807, 2.05) is 44.2 Å². The van der Waals surface area contributed by atoms with Crippen LogP contribution in [0.3, 0.4) is 0 Å². The molecule has 7 nitrogen and oxygen atoms in total. The summed E-state index contributed by atoms with van der Waals surface area (Å²) in [7, 11) is 1.56. The van der Waals surface area contributed by atoms with Crippen LogP contribution in [0.5, 0.6) is 5.75 Å². The van der Waals surface area contributed by atoms with Crippen LogP contribution in [0.15, 0.2) is 82.5 Å². The molecule has 0 aliphatic carbocycles. The minimum atomic E-state index is -0.902. The zero-order chi connectivity index (χ0) is 25.8. The van der Waals surface area contributed by atoms with Crippen LogP contribution in [0, 0.1) is 13.8 Å². The number of hydrogen-bond acceptors (Lipinski definition) is 7. The van der Waals surface area contributed by atoms with Crippen LogP contribution in [0.4, 0.5) is 5.13 Å². The van der Waals surface area contributed by atoms with Crippen LogP contribution in [0.2, 0.25) is 0 Å². The van der Waals surface area contributed by atoms with Crippen molar-refractivity contribution < 1.29 is 23.8 Å².